The Morgan fingerprint density at radius 3 is 2.75 bits per heavy atom. The topological polar surface area (TPSA) is 86.6 Å². The van der Waals surface area contributed by atoms with Gasteiger partial charge in [0.2, 0.25) is 11.8 Å². The number of carbonyl (C=O) groups is 2. The molecule has 9 heteroatoms. The van der Waals surface area contributed by atoms with E-state index in [9.17, 15) is 9.59 Å². The Kier molecular flexibility index (Phi) is 14.7. The van der Waals surface area contributed by atoms with Crippen molar-refractivity contribution in [2.24, 2.45) is 22.0 Å². The van der Waals surface area contributed by atoms with Crippen LogP contribution in [0.2, 0.25) is 0 Å². The number of amides is 2. The van der Waals surface area contributed by atoms with E-state index in [1.165, 1.54) is 55.9 Å². The zero-order valence-corrected chi connectivity index (χ0v) is 25.6. The quantitative estimate of drug-likeness (QED) is 0.116. The third-order valence-electron chi connectivity index (χ3n) is 7.80. The summed E-state index contributed by atoms with van der Waals surface area (Å²) in [6.45, 7) is 8.84. The average Bonchev–Trinajstić information content (AvgIpc) is 3.16. The van der Waals surface area contributed by atoms with Gasteiger partial charge in [-0.25, -0.2) is 0 Å². The predicted molar refractivity (Wildman–Crippen MR) is 166 cm³/mol. The number of nitrogens with zero attached hydrogens (tertiary/aromatic N) is 4. The van der Waals surface area contributed by atoms with Crippen molar-refractivity contribution >= 4 is 35.0 Å². The highest BCUT2D eigenvalue weighted by Crippen LogP contribution is 2.27. The van der Waals surface area contributed by atoms with E-state index in [1.807, 2.05) is 37.6 Å². The van der Waals surface area contributed by atoms with E-state index >= 15 is 0 Å². The van der Waals surface area contributed by atoms with E-state index in [2.05, 4.69) is 33.4 Å². The summed E-state index contributed by atoms with van der Waals surface area (Å²) in [5, 5.41) is 11.7. The highest BCUT2D eigenvalue weighted by atomic mass is 32.2. The van der Waals surface area contributed by atoms with Crippen molar-refractivity contribution in [2.45, 2.75) is 78.1 Å². The molecule has 40 heavy (non-hydrogen) atoms. The van der Waals surface area contributed by atoms with Crippen molar-refractivity contribution in [3.63, 3.8) is 0 Å². The lowest BCUT2D eigenvalue weighted by Gasteiger charge is -2.20. The molecule has 1 aliphatic carbocycles. The van der Waals surface area contributed by atoms with Crippen molar-refractivity contribution in [1.82, 2.24) is 15.1 Å². The molecule has 3 fully saturated rings. The van der Waals surface area contributed by atoms with Gasteiger partial charge >= 0.3 is 0 Å². The first-order valence-electron chi connectivity index (χ1n) is 15.0. The van der Waals surface area contributed by atoms with Gasteiger partial charge < -0.3 is 15.0 Å². The SMILES string of the molecule is C\C=C/C(=C\C=C(/C)CN1CCCOCC1)N1CC(C(=O)N/C(=N/N=C/CCCC2CCCCC2)SC)CC1=O. The van der Waals surface area contributed by atoms with Crippen molar-refractivity contribution in [2.75, 3.05) is 45.6 Å². The summed E-state index contributed by atoms with van der Waals surface area (Å²) < 4.78 is 5.55. The molecule has 0 aromatic rings. The molecular formula is C31H49N5O3S. The van der Waals surface area contributed by atoms with Crippen LogP contribution in [0.4, 0.5) is 0 Å². The first kappa shape index (κ1) is 32.3. The van der Waals surface area contributed by atoms with Gasteiger partial charge in [0, 0.05) is 51.1 Å². The maximum atomic E-state index is 13.0. The first-order valence-corrected chi connectivity index (χ1v) is 16.3. The zero-order chi connectivity index (χ0) is 28.6. The Bertz CT molecular complexity index is 960. The second kappa shape index (κ2) is 18.3. The molecule has 0 spiro atoms. The predicted octanol–water partition coefficient (Wildman–Crippen LogP) is 5.54. The number of amidine groups is 1. The summed E-state index contributed by atoms with van der Waals surface area (Å²) in [5.74, 6) is 0.216. The molecule has 2 amide bonds. The molecule has 3 aliphatic rings. The standard InChI is InChI=1S/C31H49N5O3S/c1-4-11-28(16-15-25(2)23-35-18-10-20-39-21-19-35)36-24-27(22-29(36)37)30(38)33-31(40-3)34-32-17-9-8-14-26-12-6-5-7-13-26/h4,11,15-17,26-27H,5-10,12-14,18-24H2,1-3H3,(H,33,34,38)/b11-4-,25-15+,28-16+,32-17+. The van der Waals surface area contributed by atoms with Gasteiger partial charge in [0.1, 0.15) is 0 Å². The number of rotatable bonds is 11. The summed E-state index contributed by atoms with van der Waals surface area (Å²) >= 11 is 1.35. The molecule has 3 rings (SSSR count). The van der Waals surface area contributed by atoms with Crippen LogP contribution in [0.5, 0.6) is 0 Å². The molecule has 1 N–H and O–H groups in total. The van der Waals surface area contributed by atoms with Gasteiger partial charge in [-0.2, -0.15) is 5.10 Å². The van der Waals surface area contributed by atoms with Gasteiger partial charge in [0.15, 0.2) is 5.17 Å². The lowest BCUT2D eigenvalue weighted by Crippen LogP contribution is -2.35. The minimum atomic E-state index is -0.430. The number of unbranched alkanes of at least 4 members (excludes halogenated alkanes) is 1. The highest BCUT2D eigenvalue weighted by Gasteiger charge is 2.35. The Balaban J connectivity index is 1.50. The Labute approximate surface area is 245 Å². The second-order valence-corrected chi connectivity index (χ2v) is 11.9. The van der Waals surface area contributed by atoms with Crippen LogP contribution in [0.1, 0.15) is 78.1 Å². The molecular weight excluding hydrogens is 522 g/mol. The van der Waals surface area contributed by atoms with Crippen molar-refractivity contribution in [3.05, 3.63) is 35.6 Å². The van der Waals surface area contributed by atoms with Crippen molar-refractivity contribution in [3.8, 4) is 0 Å². The Hall–Kier alpha value is -2.23. The maximum Gasteiger partial charge on any atom is 0.231 e. The van der Waals surface area contributed by atoms with E-state index in [0.29, 0.717) is 11.7 Å². The number of allylic oxidation sites excluding steroid dienone is 4. The largest absolute Gasteiger partial charge is 0.380 e. The fourth-order valence-corrected chi connectivity index (χ4v) is 5.91. The first-order chi connectivity index (χ1) is 19.5. The van der Waals surface area contributed by atoms with Crippen LogP contribution in [0.25, 0.3) is 0 Å². The van der Waals surface area contributed by atoms with Crippen LogP contribution in [0.3, 0.4) is 0 Å². The normalized spacial score (nSPS) is 23.0. The van der Waals surface area contributed by atoms with Gasteiger partial charge in [0.05, 0.1) is 12.5 Å². The van der Waals surface area contributed by atoms with Crippen LogP contribution in [0, 0.1) is 11.8 Å². The van der Waals surface area contributed by atoms with Crippen molar-refractivity contribution in [1.29, 1.82) is 0 Å². The average molecular weight is 572 g/mol. The summed E-state index contributed by atoms with van der Waals surface area (Å²) in [6, 6.07) is 0. The third-order valence-corrected chi connectivity index (χ3v) is 8.37. The molecule has 2 aliphatic heterocycles. The van der Waals surface area contributed by atoms with E-state index < -0.39 is 5.92 Å². The zero-order valence-electron chi connectivity index (χ0n) is 24.8. The molecule has 0 aromatic carbocycles. The Morgan fingerprint density at radius 1 is 1.15 bits per heavy atom. The summed E-state index contributed by atoms with van der Waals surface area (Å²) in [4.78, 5) is 30.0. The molecule has 1 unspecified atom stereocenters. The van der Waals surface area contributed by atoms with Crippen LogP contribution in [-0.4, -0.2) is 78.6 Å². The molecule has 1 saturated carbocycles. The lowest BCUT2D eigenvalue weighted by atomic mass is 9.86. The van der Waals surface area contributed by atoms with Gasteiger partial charge in [0.25, 0.3) is 0 Å². The van der Waals surface area contributed by atoms with Crippen molar-refractivity contribution < 1.29 is 14.3 Å². The number of likely N-dealkylation sites (tertiary alicyclic amines) is 1. The Morgan fingerprint density at radius 2 is 1.98 bits per heavy atom. The summed E-state index contributed by atoms with van der Waals surface area (Å²) in [7, 11) is 0. The van der Waals surface area contributed by atoms with Crippen LogP contribution < -0.4 is 5.32 Å². The third kappa shape index (κ3) is 11.3. The minimum absolute atomic E-state index is 0.0427. The second-order valence-electron chi connectivity index (χ2n) is 11.1. The number of carbonyl (C=O) groups excluding carboxylic acids is 2. The number of ether oxygens (including phenoxy) is 1. The van der Waals surface area contributed by atoms with E-state index in [0.717, 1.165) is 63.7 Å². The number of nitrogens with one attached hydrogen (secondary N) is 1. The highest BCUT2D eigenvalue weighted by molar-refractivity contribution is 8.13. The van der Waals surface area contributed by atoms with Gasteiger partial charge in [-0.15, -0.1) is 5.10 Å². The lowest BCUT2D eigenvalue weighted by molar-refractivity contribution is -0.127. The number of hydrogen-bond donors (Lipinski definition) is 1. The smallest absolute Gasteiger partial charge is 0.231 e. The summed E-state index contributed by atoms with van der Waals surface area (Å²) in [5.41, 5.74) is 2.03. The molecule has 222 valence electrons. The van der Waals surface area contributed by atoms with Crippen LogP contribution in [0.15, 0.2) is 45.8 Å². The maximum absolute atomic E-state index is 13.0. The van der Waals surface area contributed by atoms with E-state index in [-0.39, 0.29) is 18.2 Å². The molecule has 2 heterocycles. The number of thioether (sulfide) groups is 1. The molecule has 0 radical (unpaired) electrons. The molecule has 1 atom stereocenters. The monoisotopic (exact) mass is 571 g/mol. The van der Waals surface area contributed by atoms with E-state index in [4.69, 9.17) is 4.74 Å². The van der Waals surface area contributed by atoms with Gasteiger partial charge in [-0.1, -0.05) is 68.0 Å². The molecule has 0 aromatic heterocycles. The minimum Gasteiger partial charge on any atom is -0.380 e. The van der Waals surface area contributed by atoms with Gasteiger partial charge in [-0.05, 0) is 57.4 Å². The molecule has 8 nitrogen and oxygen atoms in total. The van der Waals surface area contributed by atoms with E-state index in [1.54, 1.807) is 4.90 Å². The molecule has 0 bridgehead atoms. The fourth-order valence-electron chi connectivity index (χ4n) is 5.58. The van der Waals surface area contributed by atoms with Crippen LogP contribution >= 0.6 is 11.8 Å². The number of hydrogen-bond acceptors (Lipinski definition) is 7. The van der Waals surface area contributed by atoms with Gasteiger partial charge in [-0.3, -0.25) is 14.5 Å². The molecule has 2 saturated heterocycles. The summed E-state index contributed by atoms with van der Waals surface area (Å²) in [6.07, 6.45) is 23.1. The van der Waals surface area contributed by atoms with Crippen LogP contribution in [-0.2, 0) is 14.3 Å². The fraction of sp³-hybridized carbons (Fsp3) is 0.677.